The summed E-state index contributed by atoms with van der Waals surface area (Å²) in [6.07, 6.45) is 10.2. The first-order valence-corrected chi connectivity index (χ1v) is 12.5. The van der Waals surface area contributed by atoms with Crippen LogP contribution in [-0.2, 0) is 0 Å². The monoisotopic (exact) mass is 450 g/mol. The van der Waals surface area contributed by atoms with Gasteiger partial charge in [-0.1, -0.05) is 91.0 Å². The van der Waals surface area contributed by atoms with Crippen molar-refractivity contribution >= 4 is 17.2 Å². The summed E-state index contributed by atoms with van der Waals surface area (Å²) >= 11 is 0. The lowest BCUT2D eigenvalue weighted by Gasteiger charge is -2.21. The number of hydrogen-bond donors (Lipinski definition) is 0. The second-order valence-corrected chi connectivity index (χ2v) is 9.82. The molecule has 0 nitrogen and oxygen atoms in total. The van der Waals surface area contributed by atoms with E-state index >= 15 is 0 Å². The van der Waals surface area contributed by atoms with Gasteiger partial charge >= 0.3 is 0 Å². The fraction of sp³-hybridized carbons (Fsp3) is 0.143. The largest absolute Gasteiger partial charge is 0.0801 e. The molecule has 0 amide bonds. The second-order valence-electron chi connectivity index (χ2n) is 9.82. The Balaban J connectivity index is 1.71. The van der Waals surface area contributed by atoms with Crippen molar-refractivity contribution in [1.29, 1.82) is 0 Å². The maximum atomic E-state index is 2.43. The van der Waals surface area contributed by atoms with Gasteiger partial charge in [0.25, 0.3) is 0 Å². The van der Waals surface area contributed by atoms with E-state index in [9.17, 15) is 0 Å². The smallest absolute Gasteiger partial charge is 0.00360 e. The summed E-state index contributed by atoms with van der Waals surface area (Å²) in [4.78, 5) is 0. The number of hydrogen-bond acceptors (Lipinski definition) is 0. The highest BCUT2D eigenvalue weighted by Crippen LogP contribution is 2.42. The van der Waals surface area contributed by atoms with E-state index in [-0.39, 0.29) is 0 Å². The third-order valence-electron chi connectivity index (χ3n) is 7.95. The van der Waals surface area contributed by atoms with E-state index in [2.05, 4.69) is 125 Å². The van der Waals surface area contributed by atoms with E-state index in [1.165, 1.54) is 77.2 Å². The fourth-order valence-corrected chi connectivity index (χ4v) is 6.00. The molecule has 0 bridgehead atoms. The molecule has 0 aliphatic heterocycles. The molecule has 0 fully saturated rings. The van der Waals surface area contributed by atoms with Gasteiger partial charge in [0.1, 0.15) is 0 Å². The molecule has 2 aliphatic carbocycles. The summed E-state index contributed by atoms with van der Waals surface area (Å²) in [5.74, 6) is 0. The summed E-state index contributed by atoms with van der Waals surface area (Å²) in [6, 6.07) is 26.3. The van der Waals surface area contributed by atoms with Crippen LogP contribution >= 0.6 is 0 Å². The minimum Gasteiger partial charge on any atom is -0.0801 e. The molecule has 0 aromatic heterocycles. The average Bonchev–Trinajstić information content (AvgIpc) is 3.55. The fourth-order valence-electron chi connectivity index (χ4n) is 6.00. The maximum Gasteiger partial charge on any atom is -0.00360 e. The van der Waals surface area contributed by atoms with Crippen LogP contribution in [0.15, 0.2) is 91.0 Å². The van der Waals surface area contributed by atoms with Crippen LogP contribution in [0.3, 0.4) is 0 Å². The molecule has 35 heavy (non-hydrogen) atoms. The SMILES string of the molecule is Cc1c(C)c(C2=CC=CC2)c2c(c1C)-c1c(C)c(=C(c3ccccc3)c3ccccc3)ccc1=C2. The zero-order valence-electron chi connectivity index (χ0n) is 20.9. The van der Waals surface area contributed by atoms with Crippen LogP contribution in [-0.4, -0.2) is 0 Å². The zero-order chi connectivity index (χ0) is 24.1. The van der Waals surface area contributed by atoms with E-state index in [4.69, 9.17) is 0 Å². The Bertz CT molecular complexity index is 1620. The summed E-state index contributed by atoms with van der Waals surface area (Å²) in [7, 11) is 0. The Hall–Kier alpha value is -3.90. The molecule has 170 valence electrons. The average molecular weight is 451 g/mol. The van der Waals surface area contributed by atoms with E-state index in [1.54, 1.807) is 0 Å². The predicted octanol–water partition coefficient (Wildman–Crippen LogP) is 7.32. The van der Waals surface area contributed by atoms with E-state index < -0.39 is 0 Å². The topological polar surface area (TPSA) is 0 Å². The molecular formula is C35H30. The third-order valence-corrected chi connectivity index (χ3v) is 7.95. The highest BCUT2D eigenvalue weighted by atomic mass is 14.3. The molecular weight excluding hydrogens is 420 g/mol. The maximum absolute atomic E-state index is 2.43. The van der Waals surface area contributed by atoms with Crippen LogP contribution in [0.5, 0.6) is 0 Å². The van der Waals surface area contributed by atoms with E-state index in [0.29, 0.717) is 0 Å². The zero-order valence-corrected chi connectivity index (χ0v) is 20.9. The van der Waals surface area contributed by atoms with Crippen molar-refractivity contribution in [3.8, 4) is 11.1 Å². The molecule has 0 heteroatoms. The van der Waals surface area contributed by atoms with Crippen molar-refractivity contribution < 1.29 is 0 Å². The Morgan fingerprint density at radius 1 is 0.600 bits per heavy atom. The number of allylic oxidation sites excluding steroid dienone is 4. The van der Waals surface area contributed by atoms with Crippen LogP contribution in [0.25, 0.3) is 28.3 Å². The molecule has 0 N–H and O–H groups in total. The van der Waals surface area contributed by atoms with Crippen LogP contribution in [0.2, 0.25) is 0 Å². The first-order chi connectivity index (χ1) is 17.1. The minimum atomic E-state index is 1.02. The van der Waals surface area contributed by atoms with E-state index in [1.807, 2.05) is 0 Å². The van der Waals surface area contributed by atoms with Gasteiger partial charge in [-0.15, -0.1) is 0 Å². The lowest BCUT2D eigenvalue weighted by Crippen LogP contribution is -2.19. The highest BCUT2D eigenvalue weighted by molar-refractivity contribution is 5.95. The highest BCUT2D eigenvalue weighted by Gasteiger charge is 2.25. The molecule has 0 unspecified atom stereocenters. The van der Waals surface area contributed by atoms with Gasteiger partial charge in [0.05, 0.1) is 0 Å². The van der Waals surface area contributed by atoms with Crippen molar-refractivity contribution in [2.75, 3.05) is 0 Å². The molecule has 0 atom stereocenters. The van der Waals surface area contributed by atoms with Gasteiger partial charge in [0.2, 0.25) is 0 Å². The van der Waals surface area contributed by atoms with Crippen LogP contribution in [0, 0.1) is 27.7 Å². The number of fused-ring (bicyclic) bond motifs is 3. The van der Waals surface area contributed by atoms with Crippen molar-refractivity contribution in [2.24, 2.45) is 0 Å². The summed E-state index contributed by atoms with van der Waals surface area (Å²) in [5, 5.41) is 2.64. The molecule has 0 saturated heterocycles. The van der Waals surface area contributed by atoms with Gasteiger partial charge in [-0.2, -0.15) is 0 Å². The van der Waals surface area contributed by atoms with Crippen LogP contribution in [0.4, 0.5) is 0 Å². The molecule has 0 saturated carbocycles. The minimum absolute atomic E-state index is 1.02. The Morgan fingerprint density at radius 2 is 1.23 bits per heavy atom. The Labute approximate surface area is 208 Å². The van der Waals surface area contributed by atoms with Gasteiger partial charge < -0.3 is 0 Å². The van der Waals surface area contributed by atoms with Crippen molar-refractivity contribution in [1.82, 2.24) is 0 Å². The predicted molar refractivity (Wildman–Crippen MR) is 150 cm³/mol. The quantitative estimate of drug-likeness (QED) is 0.270. The molecule has 0 radical (unpaired) electrons. The molecule has 0 spiro atoms. The summed E-state index contributed by atoms with van der Waals surface area (Å²) < 4.78 is 0. The summed E-state index contributed by atoms with van der Waals surface area (Å²) in [6.45, 7) is 9.21. The van der Waals surface area contributed by atoms with Gasteiger partial charge in [0.15, 0.2) is 0 Å². The van der Waals surface area contributed by atoms with Gasteiger partial charge in [-0.25, -0.2) is 0 Å². The molecule has 2 aliphatic rings. The number of rotatable bonds is 3. The van der Waals surface area contributed by atoms with Crippen LogP contribution in [0.1, 0.15) is 50.9 Å². The van der Waals surface area contributed by atoms with Crippen molar-refractivity contribution in [3.05, 3.63) is 146 Å². The van der Waals surface area contributed by atoms with Crippen molar-refractivity contribution in [3.63, 3.8) is 0 Å². The molecule has 6 rings (SSSR count). The Kier molecular flexibility index (Phi) is 5.19. The second kappa shape index (κ2) is 8.40. The van der Waals surface area contributed by atoms with Gasteiger partial charge in [0, 0.05) is 0 Å². The Morgan fingerprint density at radius 3 is 1.83 bits per heavy atom. The van der Waals surface area contributed by atoms with Gasteiger partial charge in [-0.3, -0.25) is 0 Å². The summed E-state index contributed by atoms with van der Waals surface area (Å²) in [5.41, 5.74) is 16.5. The molecule has 4 aromatic carbocycles. The first-order valence-electron chi connectivity index (χ1n) is 12.5. The van der Waals surface area contributed by atoms with Gasteiger partial charge in [-0.05, 0) is 117 Å². The lowest BCUT2D eigenvalue weighted by atomic mass is 9.83. The van der Waals surface area contributed by atoms with E-state index in [0.717, 1.165) is 6.42 Å². The third kappa shape index (κ3) is 3.36. The van der Waals surface area contributed by atoms with Crippen molar-refractivity contribution in [2.45, 2.75) is 34.1 Å². The normalized spacial score (nSPS) is 13.3. The van der Waals surface area contributed by atoms with Crippen LogP contribution < -0.4 is 10.4 Å². The molecule has 0 heterocycles. The number of benzene rings is 4. The molecule has 4 aromatic rings. The lowest BCUT2D eigenvalue weighted by molar-refractivity contribution is 1.23. The first kappa shape index (κ1) is 21.6. The standard InChI is InChI=1S/C35H30/c1-22-23(2)32(26-17-11-12-18-26)31-21-29-19-20-30(25(4)33(29)34(31)24(22)3)35(27-13-7-5-8-14-27)28-15-9-6-10-16-28/h5-17,19-21H,18H2,1-4H3.